The van der Waals surface area contributed by atoms with Gasteiger partial charge in [-0.2, -0.15) is 0 Å². The maximum Gasteiger partial charge on any atom is 0.339 e. The third-order valence-corrected chi connectivity index (χ3v) is 2.69. The predicted octanol–water partition coefficient (Wildman–Crippen LogP) is 1.03. The molecule has 0 atom stereocenters. The number of methoxy groups -OCH3 is 3. The average molecular weight is 310 g/mol. The van der Waals surface area contributed by atoms with Gasteiger partial charge in [0, 0.05) is 13.7 Å². The normalized spacial score (nSPS) is 9.77. The third kappa shape index (κ3) is 4.74. The van der Waals surface area contributed by atoms with Gasteiger partial charge in [-0.15, -0.1) is 0 Å². The van der Waals surface area contributed by atoms with Gasteiger partial charge in [-0.3, -0.25) is 0 Å². The lowest BCUT2D eigenvalue weighted by molar-refractivity contribution is 0.0587. The molecule has 8 nitrogen and oxygen atoms in total. The lowest BCUT2D eigenvalue weighted by Crippen LogP contribution is -2.32. The van der Waals surface area contributed by atoms with E-state index in [9.17, 15) is 14.4 Å². The second-order valence-electron chi connectivity index (χ2n) is 4.12. The summed E-state index contributed by atoms with van der Waals surface area (Å²) in [4.78, 5) is 35.0. The lowest BCUT2D eigenvalue weighted by Gasteiger charge is -2.12. The van der Waals surface area contributed by atoms with Crippen LogP contribution in [0.15, 0.2) is 18.2 Å². The van der Waals surface area contributed by atoms with Crippen LogP contribution in [0.4, 0.5) is 10.5 Å². The number of hydrogen-bond donors (Lipinski definition) is 2. The molecule has 0 radical (unpaired) electrons. The molecule has 0 bridgehead atoms. The van der Waals surface area contributed by atoms with Gasteiger partial charge in [0.25, 0.3) is 0 Å². The number of anilines is 1. The fraction of sp³-hybridized carbons (Fsp3) is 0.357. The van der Waals surface area contributed by atoms with Gasteiger partial charge < -0.3 is 24.8 Å². The molecule has 2 amide bonds. The number of carbonyl (C=O) groups is 3. The molecule has 0 aliphatic heterocycles. The lowest BCUT2D eigenvalue weighted by atomic mass is 10.1. The Kier molecular flexibility index (Phi) is 6.84. The van der Waals surface area contributed by atoms with Crippen molar-refractivity contribution in [1.29, 1.82) is 0 Å². The molecular formula is C14H18N2O6. The van der Waals surface area contributed by atoms with Gasteiger partial charge in [-0.25, -0.2) is 14.4 Å². The third-order valence-electron chi connectivity index (χ3n) is 2.69. The van der Waals surface area contributed by atoms with Crippen molar-refractivity contribution in [3.05, 3.63) is 29.3 Å². The molecule has 0 spiro atoms. The highest BCUT2D eigenvalue weighted by Gasteiger charge is 2.17. The first-order chi connectivity index (χ1) is 10.5. The standard InChI is InChI=1S/C14H18N2O6/c1-20-7-6-15-14(19)16-11-8-9(12(17)21-2)4-5-10(11)13(18)22-3/h4-5,8H,6-7H2,1-3H3,(H2,15,16,19). The van der Waals surface area contributed by atoms with Crippen LogP contribution in [0.5, 0.6) is 0 Å². The number of ether oxygens (including phenoxy) is 3. The van der Waals surface area contributed by atoms with Crippen molar-refractivity contribution in [1.82, 2.24) is 5.32 Å². The molecule has 0 heterocycles. The summed E-state index contributed by atoms with van der Waals surface area (Å²) >= 11 is 0. The van der Waals surface area contributed by atoms with Crippen LogP contribution in [0.3, 0.4) is 0 Å². The van der Waals surface area contributed by atoms with E-state index in [1.165, 1.54) is 39.5 Å². The number of amides is 2. The molecule has 0 aliphatic carbocycles. The van der Waals surface area contributed by atoms with Gasteiger partial charge in [0.2, 0.25) is 0 Å². The Morgan fingerprint density at radius 1 is 1.05 bits per heavy atom. The minimum absolute atomic E-state index is 0.122. The zero-order valence-electron chi connectivity index (χ0n) is 12.6. The molecule has 0 unspecified atom stereocenters. The molecule has 0 saturated heterocycles. The number of urea groups is 1. The van der Waals surface area contributed by atoms with E-state index < -0.39 is 18.0 Å². The van der Waals surface area contributed by atoms with Gasteiger partial charge in [-0.1, -0.05) is 0 Å². The summed E-state index contributed by atoms with van der Waals surface area (Å²) in [6.07, 6.45) is 0. The summed E-state index contributed by atoms with van der Waals surface area (Å²) < 4.78 is 14.0. The summed E-state index contributed by atoms with van der Waals surface area (Å²) in [5.74, 6) is -1.22. The minimum Gasteiger partial charge on any atom is -0.465 e. The SMILES string of the molecule is COCCNC(=O)Nc1cc(C(=O)OC)ccc1C(=O)OC. The first-order valence-electron chi connectivity index (χ1n) is 6.38. The van der Waals surface area contributed by atoms with Gasteiger partial charge in [0.15, 0.2) is 0 Å². The van der Waals surface area contributed by atoms with Gasteiger partial charge in [0.05, 0.1) is 37.6 Å². The fourth-order valence-corrected chi connectivity index (χ4v) is 1.61. The molecule has 120 valence electrons. The Bertz CT molecular complexity index is 558. The Labute approximate surface area is 127 Å². The van der Waals surface area contributed by atoms with Gasteiger partial charge in [-0.05, 0) is 18.2 Å². The van der Waals surface area contributed by atoms with Crippen LogP contribution in [-0.4, -0.2) is 52.5 Å². The molecule has 1 rings (SSSR count). The van der Waals surface area contributed by atoms with Crippen molar-refractivity contribution < 1.29 is 28.6 Å². The van der Waals surface area contributed by atoms with Crippen LogP contribution in [0, 0.1) is 0 Å². The summed E-state index contributed by atoms with van der Waals surface area (Å²) in [5, 5.41) is 5.03. The van der Waals surface area contributed by atoms with Crippen LogP contribution < -0.4 is 10.6 Å². The molecular weight excluding hydrogens is 292 g/mol. The first kappa shape index (κ1) is 17.4. The Morgan fingerprint density at radius 2 is 1.73 bits per heavy atom. The van der Waals surface area contributed by atoms with Crippen LogP contribution in [0.25, 0.3) is 0 Å². The number of carbonyl (C=O) groups excluding carboxylic acids is 3. The van der Waals surface area contributed by atoms with Crippen molar-refractivity contribution in [3.63, 3.8) is 0 Å². The van der Waals surface area contributed by atoms with E-state index in [4.69, 9.17) is 4.74 Å². The minimum atomic E-state index is -0.636. The fourth-order valence-electron chi connectivity index (χ4n) is 1.61. The highest BCUT2D eigenvalue weighted by atomic mass is 16.5. The Morgan fingerprint density at radius 3 is 2.32 bits per heavy atom. The molecule has 2 N–H and O–H groups in total. The van der Waals surface area contributed by atoms with E-state index >= 15 is 0 Å². The van der Waals surface area contributed by atoms with Crippen LogP contribution >= 0.6 is 0 Å². The highest BCUT2D eigenvalue weighted by molar-refractivity contribution is 6.03. The smallest absolute Gasteiger partial charge is 0.339 e. The van der Waals surface area contributed by atoms with Crippen molar-refractivity contribution in [2.75, 3.05) is 39.8 Å². The number of benzene rings is 1. The van der Waals surface area contributed by atoms with Gasteiger partial charge >= 0.3 is 18.0 Å². The highest BCUT2D eigenvalue weighted by Crippen LogP contribution is 2.19. The van der Waals surface area contributed by atoms with Crippen molar-refractivity contribution in [3.8, 4) is 0 Å². The molecule has 22 heavy (non-hydrogen) atoms. The van der Waals surface area contributed by atoms with Crippen molar-refractivity contribution >= 4 is 23.7 Å². The quantitative estimate of drug-likeness (QED) is 0.601. The number of nitrogens with one attached hydrogen (secondary N) is 2. The van der Waals surface area contributed by atoms with Crippen molar-refractivity contribution in [2.24, 2.45) is 0 Å². The van der Waals surface area contributed by atoms with Crippen LogP contribution in [0.2, 0.25) is 0 Å². The largest absolute Gasteiger partial charge is 0.465 e. The Hall–Kier alpha value is -2.61. The molecule has 1 aromatic carbocycles. The van der Waals surface area contributed by atoms with Crippen molar-refractivity contribution in [2.45, 2.75) is 0 Å². The van der Waals surface area contributed by atoms with E-state index in [0.717, 1.165) is 0 Å². The molecule has 0 saturated carbocycles. The van der Waals surface area contributed by atoms with E-state index in [-0.39, 0.29) is 16.8 Å². The summed E-state index contributed by atoms with van der Waals surface area (Å²) in [6.45, 7) is 0.645. The zero-order valence-corrected chi connectivity index (χ0v) is 12.6. The van der Waals surface area contributed by atoms with E-state index in [1.807, 2.05) is 0 Å². The van der Waals surface area contributed by atoms with Crippen LogP contribution in [-0.2, 0) is 14.2 Å². The second-order valence-corrected chi connectivity index (χ2v) is 4.12. The van der Waals surface area contributed by atoms with E-state index in [0.29, 0.717) is 13.2 Å². The maximum atomic E-state index is 11.8. The Balaban J connectivity index is 2.98. The number of esters is 2. The topological polar surface area (TPSA) is 103 Å². The zero-order chi connectivity index (χ0) is 16.5. The van der Waals surface area contributed by atoms with Crippen LogP contribution in [0.1, 0.15) is 20.7 Å². The second kappa shape index (κ2) is 8.63. The monoisotopic (exact) mass is 310 g/mol. The van der Waals surface area contributed by atoms with E-state index in [1.54, 1.807) is 0 Å². The molecule has 8 heteroatoms. The number of rotatable bonds is 6. The average Bonchev–Trinajstić information content (AvgIpc) is 2.53. The maximum absolute atomic E-state index is 11.8. The molecule has 0 aromatic heterocycles. The van der Waals surface area contributed by atoms with E-state index in [2.05, 4.69) is 20.1 Å². The summed E-state index contributed by atoms with van der Waals surface area (Å²) in [5.41, 5.74) is 0.462. The molecule has 0 fully saturated rings. The first-order valence-corrected chi connectivity index (χ1v) is 6.38. The summed E-state index contributed by atoms with van der Waals surface area (Å²) in [6, 6.07) is 3.59. The summed E-state index contributed by atoms with van der Waals surface area (Å²) in [7, 11) is 3.97. The molecule has 1 aromatic rings. The molecule has 0 aliphatic rings. The number of hydrogen-bond acceptors (Lipinski definition) is 6. The predicted molar refractivity (Wildman–Crippen MR) is 78.0 cm³/mol. The van der Waals surface area contributed by atoms with Gasteiger partial charge in [0.1, 0.15) is 0 Å².